The molecule has 9 nitrogen and oxygen atoms in total. The molecule has 2 aliphatic heterocycles. The van der Waals surface area contributed by atoms with Crippen molar-refractivity contribution in [3.05, 3.63) is 30.5 Å². The molecule has 2 aromatic rings. The first-order valence-corrected chi connectivity index (χ1v) is 7.96. The van der Waals surface area contributed by atoms with E-state index in [2.05, 4.69) is 5.10 Å². The summed E-state index contributed by atoms with van der Waals surface area (Å²) in [6.07, 6.45) is -1.75. The summed E-state index contributed by atoms with van der Waals surface area (Å²) < 4.78 is 28.3. The van der Waals surface area contributed by atoms with E-state index in [9.17, 15) is 14.6 Å². The first-order chi connectivity index (χ1) is 10.1. The van der Waals surface area contributed by atoms with Gasteiger partial charge in [0.1, 0.15) is 18.3 Å². The monoisotopic (exact) mass is 329 g/mol. The Morgan fingerprint density at radius 1 is 1.36 bits per heavy atom. The van der Waals surface area contributed by atoms with E-state index in [1.807, 2.05) is 24.3 Å². The van der Waals surface area contributed by atoms with Crippen molar-refractivity contribution in [1.82, 2.24) is 15.9 Å². The molecule has 5 atom stereocenters. The minimum absolute atomic E-state index is 0. The van der Waals surface area contributed by atoms with Gasteiger partial charge in [-0.3, -0.25) is 9.05 Å². The molecule has 2 fully saturated rings. The van der Waals surface area contributed by atoms with Gasteiger partial charge in [0.2, 0.25) is 0 Å². The fourth-order valence-corrected chi connectivity index (χ4v) is 3.70. The molecule has 0 aliphatic carbocycles. The molecule has 4 rings (SSSR count). The van der Waals surface area contributed by atoms with Gasteiger partial charge in [-0.2, -0.15) is 5.10 Å². The van der Waals surface area contributed by atoms with Crippen molar-refractivity contribution in [3.63, 3.8) is 0 Å². The number of phosphoric ester groups is 1. The summed E-state index contributed by atoms with van der Waals surface area (Å²) in [5.74, 6) is 0. The Hall–Kier alpha value is -1.32. The molecule has 120 valence electrons. The maximum absolute atomic E-state index is 11.4. The van der Waals surface area contributed by atoms with Crippen molar-refractivity contribution in [3.8, 4) is 0 Å². The van der Waals surface area contributed by atoms with Crippen LogP contribution in [0.3, 0.4) is 0 Å². The smallest absolute Gasteiger partial charge is 0.385 e. The van der Waals surface area contributed by atoms with Crippen LogP contribution in [-0.2, 0) is 18.3 Å². The zero-order valence-corrected chi connectivity index (χ0v) is 12.4. The largest absolute Gasteiger partial charge is 0.472 e. The summed E-state index contributed by atoms with van der Waals surface area (Å²) in [6, 6.07) is 7.50. The Morgan fingerprint density at radius 3 is 2.95 bits per heavy atom. The van der Waals surface area contributed by atoms with Crippen LogP contribution in [0.15, 0.2) is 30.5 Å². The van der Waals surface area contributed by atoms with E-state index in [-0.39, 0.29) is 12.8 Å². The topological polar surface area (TPSA) is 138 Å². The standard InChI is InChI=1S/C12H13N2O6P.H3N/c15-10-11-9(6-18-21(16,17)20-11)19-12(10)14-8-4-2-1-3-7(8)5-13-14;/h1-5,9-12,15H,6H2,(H,16,17);1H3/t9?,10?,11-,12?;/m1./s1. The Bertz CT molecular complexity index is 736. The number of hydrogen-bond donors (Lipinski definition) is 3. The summed E-state index contributed by atoms with van der Waals surface area (Å²) >= 11 is 0. The molecule has 1 aromatic carbocycles. The van der Waals surface area contributed by atoms with Crippen LogP contribution in [0.5, 0.6) is 0 Å². The maximum Gasteiger partial charge on any atom is 0.472 e. The minimum atomic E-state index is -4.12. The predicted molar refractivity (Wildman–Crippen MR) is 75.3 cm³/mol. The van der Waals surface area contributed by atoms with Crippen LogP contribution in [-0.4, -0.2) is 44.7 Å². The number of rotatable bonds is 1. The third-order valence-electron chi connectivity index (χ3n) is 3.71. The zero-order chi connectivity index (χ0) is 14.6. The number of aliphatic hydroxyl groups is 1. The summed E-state index contributed by atoms with van der Waals surface area (Å²) in [7, 11) is -4.12. The summed E-state index contributed by atoms with van der Waals surface area (Å²) in [5.41, 5.74) is 0.799. The summed E-state index contributed by atoms with van der Waals surface area (Å²) in [4.78, 5) is 9.35. The Morgan fingerprint density at radius 2 is 2.14 bits per heavy atom. The molecule has 0 amide bonds. The average molecular weight is 329 g/mol. The fraction of sp³-hybridized carbons (Fsp3) is 0.417. The number of fused-ring (bicyclic) bond motifs is 2. The van der Waals surface area contributed by atoms with Crippen molar-refractivity contribution in [2.45, 2.75) is 24.5 Å². The van der Waals surface area contributed by atoms with Gasteiger partial charge < -0.3 is 20.9 Å². The van der Waals surface area contributed by atoms with E-state index in [1.54, 1.807) is 10.9 Å². The fourth-order valence-electron chi connectivity index (χ4n) is 2.73. The van der Waals surface area contributed by atoms with Gasteiger partial charge >= 0.3 is 7.82 Å². The van der Waals surface area contributed by atoms with Crippen LogP contribution >= 0.6 is 7.82 Å². The molecular formula is C12H16N3O6P. The van der Waals surface area contributed by atoms with Crippen LogP contribution in [0.4, 0.5) is 0 Å². The lowest BCUT2D eigenvalue weighted by Crippen LogP contribution is -2.39. The molecule has 10 heteroatoms. The number of aromatic nitrogens is 2. The Kier molecular flexibility index (Phi) is 3.82. The third kappa shape index (κ3) is 2.37. The highest BCUT2D eigenvalue weighted by Gasteiger charge is 2.52. The highest BCUT2D eigenvalue weighted by molar-refractivity contribution is 7.47. The van der Waals surface area contributed by atoms with E-state index in [0.29, 0.717) is 0 Å². The molecule has 2 aliphatic rings. The summed E-state index contributed by atoms with van der Waals surface area (Å²) in [5, 5.41) is 15.5. The van der Waals surface area contributed by atoms with Crippen molar-refractivity contribution >= 4 is 18.7 Å². The number of ether oxygens (including phenoxy) is 1. The highest BCUT2D eigenvalue weighted by atomic mass is 31.2. The third-order valence-corrected chi connectivity index (χ3v) is 4.70. The number of aliphatic hydroxyl groups excluding tert-OH is 1. The van der Waals surface area contributed by atoms with Crippen molar-refractivity contribution in [2.24, 2.45) is 0 Å². The molecule has 22 heavy (non-hydrogen) atoms. The van der Waals surface area contributed by atoms with E-state index in [1.165, 1.54) is 0 Å². The second kappa shape index (κ2) is 5.39. The molecule has 5 N–H and O–H groups in total. The van der Waals surface area contributed by atoms with Crippen LogP contribution in [0.1, 0.15) is 6.23 Å². The molecule has 4 unspecified atom stereocenters. The number of para-hydroxylation sites is 1. The van der Waals surface area contributed by atoms with Gasteiger partial charge in [0.15, 0.2) is 6.23 Å². The number of benzene rings is 1. The number of hydrogen-bond acceptors (Lipinski definition) is 7. The molecular weight excluding hydrogens is 313 g/mol. The minimum Gasteiger partial charge on any atom is -0.385 e. The lowest BCUT2D eigenvalue weighted by molar-refractivity contribution is -0.0693. The predicted octanol–water partition coefficient (Wildman–Crippen LogP) is 0.972. The van der Waals surface area contributed by atoms with Gasteiger partial charge in [0.05, 0.1) is 18.3 Å². The molecule has 2 saturated heterocycles. The molecule has 0 saturated carbocycles. The summed E-state index contributed by atoms with van der Waals surface area (Å²) in [6.45, 7) is -0.106. The highest BCUT2D eigenvalue weighted by Crippen LogP contribution is 2.52. The first kappa shape index (κ1) is 15.6. The van der Waals surface area contributed by atoms with Gasteiger partial charge in [-0.1, -0.05) is 18.2 Å². The van der Waals surface area contributed by atoms with Crippen LogP contribution in [0.2, 0.25) is 0 Å². The van der Waals surface area contributed by atoms with Gasteiger partial charge in [0.25, 0.3) is 0 Å². The van der Waals surface area contributed by atoms with Gasteiger partial charge in [-0.15, -0.1) is 0 Å². The van der Waals surface area contributed by atoms with E-state index < -0.39 is 32.4 Å². The molecule has 0 bridgehead atoms. The van der Waals surface area contributed by atoms with Crippen molar-refractivity contribution < 1.29 is 28.3 Å². The number of phosphoric acid groups is 1. The number of nitrogens with zero attached hydrogens (tertiary/aromatic N) is 2. The van der Waals surface area contributed by atoms with E-state index >= 15 is 0 Å². The van der Waals surface area contributed by atoms with E-state index in [0.717, 1.165) is 10.9 Å². The van der Waals surface area contributed by atoms with Gasteiger partial charge in [0, 0.05) is 5.39 Å². The SMILES string of the molecule is N.O=P1(O)OCC2OC(n3ncc4ccccc43)C(O)[C@@H]2O1. The zero-order valence-electron chi connectivity index (χ0n) is 11.5. The first-order valence-electron chi connectivity index (χ1n) is 6.47. The molecule has 0 spiro atoms. The lowest BCUT2D eigenvalue weighted by atomic mass is 10.1. The molecule has 3 heterocycles. The van der Waals surface area contributed by atoms with E-state index in [4.69, 9.17) is 13.8 Å². The quantitative estimate of drug-likeness (QED) is 0.658. The van der Waals surface area contributed by atoms with Gasteiger partial charge in [-0.25, -0.2) is 9.25 Å². The normalized spacial score (nSPS) is 37.7. The Balaban J connectivity index is 0.00000144. The molecule has 0 radical (unpaired) electrons. The van der Waals surface area contributed by atoms with Crippen LogP contribution < -0.4 is 6.15 Å². The second-order valence-corrected chi connectivity index (χ2v) is 6.44. The second-order valence-electron chi connectivity index (χ2n) is 5.04. The lowest BCUT2D eigenvalue weighted by Gasteiger charge is -2.27. The van der Waals surface area contributed by atoms with Crippen LogP contribution in [0.25, 0.3) is 10.9 Å². The van der Waals surface area contributed by atoms with Gasteiger partial charge in [-0.05, 0) is 6.07 Å². The Labute approximate surface area is 125 Å². The van der Waals surface area contributed by atoms with Crippen LogP contribution in [0, 0.1) is 0 Å². The molecule has 1 aromatic heterocycles. The van der Waals surface area contributed by atoms with Crippen molar-refractivity contribution in [1.29, 1.82) is 0 Å². The average Bonchev–Trinajstić information content (AvgIpc) is 3.00. The maximum atomic E-state index is 11.4. The van der Waals surface area contributed by atoms with Crippen molar-refractivity contribution in [2.75, 3.05) is 6.61 Å².